The molecule has 0 aliphatic carbocycles. The second-order valence-corrected chi connectivity index (χ2v) is 4.66. The Morgan fingerprint density at radius 1 is 1.59 bits per heavy atom. The molecule has 0 bridgehead atoms. The zero-order valence-electron chi connectivity index (χ0n) is 10.3. The Morgan fingerprint density at radius 2 is 2.24 bits per heavy atom. The molecule has 1 aromatic rings. The molecule has 17 heavy (non-hydrogen) atoms. The third-order valence-electron chi connectivity index (χ3n) is 3.02. The second kappa shape index (κ2) is 5.67. The summed E-state index contributed by atoms with van der Waals surface area (Å²) < 4.78 is 18.4. The van der Waals surface area contributed by atoms with Crippen molar-refractivity contribution in [3.8, 4) is 0 Å². The van der Waals surface area contributed by atoms with Crippen molar-refractivity contribution in [1.29, 1.82) is 0 Å². The van der Waals surface area contributed by atoms with Gasteiger partial charge in [-0.15, -0.1) is 0 Å². The minimum atomic E-state index is -0.508. The van der Waals surface area contributed by atoms with Crippen molar-refractivity contribution in [3.05, 3.63) is 29.0 Å². The van der Waals surface area contributed by atoms with Crippen LogP contribution in [0.1, 0.15) is 13.8 Å². The number of nitrogens with two attached hydrogens (primary N) is 1. The van der Waals surface area contributed by atoms with Gasteiger partial charge in [-0.3, -0.25) is 0 Å². The predicted octanol–water partition coefficient (Wildman–Crippen LogP) is 2.64. The van der Waals surface area contributed by atoms with Crippen LogP contribution in [-0.4, -0.2) is 25.3 Å². The smallest absolute Gasteiger partial charge is 0.125 e. The van der Waals surface area contributed by atoms with Crippen LogP contribution >= 0.6 is 11.6 Å². The molecule has 0 amide bonds. The van der Waals surface area contributed by atoms with Crippen molar-refractivity contribution in [2.45, 2.75) is 25.5 Å². The molecule has 0 heterocycles. The highest BCUT2D eigenvalue weighted by atomic mass is 35.5. The van der Waals surface area contributed by atoms with Crippen LogP contribution in [0.15, 0.2) is 18.2 Å². The summed E-state index contributed by atoms with van der Waals surface area (Å²) in [7, 11) is 1.60. The Bertz CT molecular complexity index is 389. The summed E-state index contributed by atoms with van der Waals surface area (Å²) in [5.74, 6) is -0.346. The summed E-state index contributed by atoms with van der Waals surface area (Å²) in [6, 6.07) is 4.17. The second-order valence-electron chi connectivity index (χ2n) is 4.25. The Hall–Kier alpha value is -0.840. The van der Waals surface area contributed by atoms with Crippen molar-refractivity contribution in [2.75, 3.05) is 19.0 Å². The number of hydrogen-bond donors (Lipinski definition) is 2. The van der Waals surface area contributed by atoms with Gasteiger partial charge in [0.1, 0.15) is 5.82 Å². The number of rotatable bonds is 5. The van der Waals surface area contributed by atoms with Crippen LogP contribution in [-0.2, 0) is 4.74 Å². The van der Waals surface area contributed by atoms with E-state index < -0.39 is 5.54 Å². The molecule has 0 spiro atoms. The lowest BCUT2D eigenvalue weighted by atomic mass is 9.95. The van der Waals surface area contributed by atoms with Gasteiger partial charge in [0.2, 0.25) is 0 Å². The number of nitrogens with one attached hydrogen (secondary N) is 1. The molecule has 1 aromatic carbocycles. The largest absolute Gasteiger partial charge is 0.379 e. The van der Waals surface area contributed by atoms with Gasteiger partial charge in [-0.05, 0) is 32.0 Å². The minimum absolute atomic E-state index is 0.133. The fourth-order valence-electron chi connectivity index (χ4n) is 1.48. The molecule has 0 saturated carbocycles. The first-order chi connectivity index (χ1) is 7.92. The van der Waals surface area contributed by atoms with Gasteiger partial charge in [0.25, 0.3) is 0 Å². The van der Waals surface area contributed by atoms with Gasteiger partial charge >= 0.3 is 0 Å². The maximum atomic E-state index is 13.1. The number of halogens is 2. The van der Waals surface area contributed by atoms with E-state index in [9.17, 15) is 4.39 Å². The first-order valence-corrected chi connectivity index (χ1v) is 5.77. The summed E-state index contributed by atoms with van der Waals surface area (Å²) in [5, 5.41) is 3.60. The zero-order chi connectivity index (χ0) is 13.1. The average Bonchev–Trinajstić information content (AvgIpc) is 2.32. The monoisotopic (exact) mass is 260 g/mol. The molecular formula is C12H18ClFN2O. The molecule has 0 aliphatic rings. The minimum Gasteiger partial charge on any atom is -0.379 e. The molecule has 5 heteroatoms. The van der Waals surface area contributed by atoms with E-state index in [0.29, 0.717) is 17.3 Å². The molecule has 96 valence electrons. The number of ether oxygens (including phenoxy) is 1. The van der Waals surface area contributed by atoms with Crippen molar-refractivity contribution in [3.63, 3.8) is 0 Å². The molecule has 1 rings (SSSR count). The van der Waals surface area contributed by atoms with E-state index in [-0.39, 0.29) is 11.9 Å². The lowest BCUT2D eigenvalue weighted by Gasteiger charge is -2.35. The number of methoxy groups -OCH3 is 1. The lowest BCUT2D eigenvalue weighted by Crippen LogP contribution is -2.52. The van der Waals surface area contributed by atoms with Crippen molar-refractivity contribution < 1.29 is 9.13 Å². The SMILES string of the molecule is COC(C)C(C)(CN)Nc1cc(F)ccc1Cl. The van der Waals surface area contributed by atoms with Crippen LogP contribution in [0.25, 0.3) is 0 Å². The Labute approximate surface area is 106 Å². The molecule has 3 nitrogen and oxygen atoms in total. The summed E-state index contributed by atoms with van der Waals surface area (Å²) in [4.78, 5) is 0. The van der Waals surface area contributed by atoms with E-state index in [4.69, 9.17) is 22.1 Å². The standard InChI is InChI=1S/C12H18ClFN2O/c1-8(17-3)12(2,7-15)16-11-6-9(14)4-5-10(11)13/h4-6,8,16H,7,15H2,1-3H3. The molecule has 0 radical (unpaired) electrons. The number of hydrogen-bond acceptors (Lipinski definition) is 3. The Balaban J connectivity index is 2.98. The van der Waals surface area contributed by atoms with E-state index in [1.165, 1.54) is 18.2 Å². The van der Waals surface area contributed by atoms with E-state index in [2.05, 4.69) is 5.32 Å². The number of anilines is 1. The maximum Gasteiger partial charge on any atom is 0.125 e. The highest BCUT2D eigenvalue weighted by molar-refractivity contribution is 6.33. The van der Waals surface area contributed by atoms with Gasteiger partial charge in [0.05, 0.1) is 22.4 Å². The van der Waals surface area contributed by atoms with E-state index in [1.54, 1.807) is 7.11 Å². The van der Waals surface area contributed by atoms with Crippen LogP contribution in [0.4, 0.5) is 10.1 Å². The fourth-order valence-corrected chi connectivity index (χ4v) is 1.64. The quantitative estimate of drug-likeness (QED) is 0.856. The van der Waals surface area contributed by atoms with Gasteiger partial charge in [-0.25, -0.2) is 4.39 Å². The molecule has 0 aromatic heterocycles. The average molecular weight is 261 g/mol. The van der Waals surface area contributed by atoms with Crippen LogP contribution in [0.3, 0.4) is 0 Å². The Kier molecular flexibility index (Phi) is 4.74. The van der Waals surface area contributed by atoms with Gasteiger partial charge in [-0.2, -0.15) is 0 Å². The summed E-state index contributed by atoms with van der Waals surface area (Å²) in [6.07, 6.45) is -0.133. The molecule has 2 atom stereocenters. The van der Waals surface area contributed by atoms with Gasteiger partial charge in [0.15, 0.2) is 0 Å². The first kappa shape index (κ1) is 14.2. The molecule has 3 N–H and O–H groups in total. The summed E-state index contributed by atoms with van der Waals surface area (Å²) in [6.45, 7) is 4.14. The molecule has 0 saturated heterocycles. The van der Waals surface area contributed by atoms with E-state index >= 15 is 0 Å². The van der Waals surface area contributed by atoms with E-state index in [1.807, 2.05) is 13.8 Å². The van der Waals surface area contributed by atoms with Gasteiger partial charge in [0, 0.05) is 13.7 Å². The molecule has 0 aliphatic heterocycles. The third kappa shape index (κ3) is 3.31. The van der Waals surface area contributed by atoms with Crippen LogP contribution in [0.2, 0.25) is 5.02 Å². The molecule has 0 fully saturated rings. The molecule has 2 unspecified atom stereocenters. The molecular weight excluding hydrogens is 243 g/mol. The van der Waals surface area contributed by atoms with Gasteiger partial charge in [-0.1, -0.05) is 11.6 Å². The predicted molar refractivity (Wildman–Crippen MR) is 69.0 cm³/mol. The maximum absolute atomic E-state index is 13.1. The third-order valence-corrected chi connectivity index (χ3v) is 3.35. The summed E-state index contributed by atoms with van der Waals surface area (Å²) in [5.41, 5.74) is 5.75. The van der Waals surface area contributed by atoms with Crippen molar-refractivity contribution in [2.24, 2.45) is 5.73 Å². The highest BCUT2D eigenvalue weighted by Crippen LogP contribution is 2.27. The topological polar surface area (TPSA) is 47.3 Å². The van der Waals surface area contributed by atoms with Gasteiger partial charge < -0.3 is 15.8 Å². The van der Waals surface area contributed by atoms with Crippen molar-refractivity contribution in [1.82, 2.24) is 0 Å². The van der Waals surface area contributed by atoms with Crippen molar-refractivity contribution >= 4 is 17.3 Å². The first-order valence-electron chi connectivity index (χ1n) is 5.39. The van der Waals surface area contributed by atoms with Crippen LogP contribution in [0.5, 0.6) is 0 Å². The fraction of sp³-hybridized carbons (Fsp3) is 0.500. The highest BCUT2D eigenvalue weighted by Gasteiger charge is 2.30. The number of benzene rings is 1. The Morgan fingerprint density at radius 3 is 2.76 bits per heavy atom. The zero-order valence-corrected chi connectivity index (χ0v) is 11.0. The normalized spacial score (nSPS) is 16.4. The van der Waals surface area contributed by atoms with Crippen LogP contribution < -0.4 is 11.1 Å². The summed E-state index contributed by atoms with van der Waals surface area (Å²) >= 11 is 6.00. The van der Waals surface area contributed by atoms with E-state index in [0.717, 1.165) is 0 Å². The van der Waals surface area contributed by atoms with Crippen LogP contribution in [0, 0.1) is 5.82 Å². The lowest BCUT2D eigenvalue weighted by molar-refractivity contribution is 0.0688.